The summed E-state index contributed by atoms with van der Waals surface area (Å²) in [5, 5.41) is 6.38. The van der Waals surface area contributed by atoms with Crippen molar-refractivity contribution in [1.29, 1.82) is 0 Å². The third-order valence-corrected chi connectivity index (χ3v) is 4.58. The summed E-state index contributed by atoms with van der Waals surface area (Å²) in [7, 11) is 0. The highest BCUT2D eigenvalue weighted by Crippen LogP contribution is 2.25. The monoisotopic (exact) mass is 403 g/mol. The van der Waals surface area contributed by atoms with Crippen LogP contribution in [0.1, 0.15) is 24.2 Å². The van der Waals surface area contributed by atoms with Crippen LogP contribution in [0.3, 0.4) is 0 Å². The smallest absolute Gasteiger partial charge is 0.257 e. The lowest BCUT2D eigenvalue weighted by molar-refractivity contribution is -0.113. The van der Waals surface area contributed by atoms with Crippen LogP contribution in [-0.2, 0) is 4.79 Å². The maximum Gasteiger partial charge on any atom is 0.257 e. The van der Waals surface area contributed by atoms with Crippen molar-refractivity contribution >= 4 is 52.0 Å². The van der Waals surface area contributed by atoms with Gasteiger partial charge in [-0.15, -0.1) is 0 Å². The van der Waals surface area contributed by atoms with E-state index >= 15 is 0 Å². The summed E-state index contributed by atoms with van der Waals surface area (Å²) in [6.45, 7) is 3.73. The van der Waals surface area contributed by atoms with Gasteiger partial charge in [-0.3, -0.25) is 9.59 Å². The third-order valence-electron chi connectivity index (χ3n) is 3.52. The quantitative estimate of drug-likeness (QED) is 0.598. The van der Waals surface area contributed by atoms with Crippen molar-refractivity contribution in [3.63, 3.8) is 0 Å². The Balaban J connectivity index is 1.68. The highest BCUT2D eigenvalue weighted by molar-refractivity contribution is 7.99. The fourth-order valence-corrected chi connectivity index (χ4v) is 3.19. The molecule has 0 bridgehead atoms. The molecule has 2 amide bonds. The molecule has 0 aliphatic rings. The van der Waals surface area contributed by atoms with Gasteiger partial charge in [0.15, 0.2) is 5.58 Å². The normalized spacial score (nSPS) is 11.0. The highest BCUT2D eigenvalue weighted by atomic mass is 35.5. The first-order valence-electron chi connectivity index (χ1n) is 8.31. The number of fused-ring (bicyclic) bond motifs is 1. The summed E-state index contributed by atoms with van der Waals surface area (Å²) >= 11 is 7.19. The van der Waals surface area contributed by atoms with Crippen molar-refractivity contribution in [1.82, 2.24) is 10.3 Å². The van der Waals surface area contributed by atoms with E-state index in [1.165, 1.54) is 11.8 Å². The zero-order valence-corrected chi connectivity index (χ0v) is 16.4. The predicted octanol–water partition coefficient (Wildman–Crippen LogP) is 4.35. The first-order chi connectivity index (χ1) is 12.9. The lowest BCUT2D eigenvalue weighted by atomic mass is 10.1. The minimum absolute atomic E-state index is 0.0218. The Kier molecular flexibility index (Phi) is 6.03. The minimum Gasteiger partial charge on any atom is -0.431 e. The van der Waals surface area contributed by atoms with E-state index in [2.05, 4.69) is 15.6 Å². The number of thioether (sulfide) groups is 1. The summed E-state index contributed by atoms with van der Waals surface area (Å²) in [5.74, 6) is -0.475. The number of rotatable bonds is 6. The van der Waals surface area contributed by atoms with Crippen LogP contribution >= 0.6 is 23.4 Å². The van der Waals surface area contributed by atoms with E-state index in [0.29, 0.717) is 27.1 Å². The van der Waals surface area contributed by atoms with E-state index in [1.54, 1.807) is 18.2 Å². The average molecular weight is 404 g/mol. The molecule has 1 heterocycles. The molecular formula is C19H18ClN3O3S. The van der Waals surface area contributed by atoms with Gasteiger partial charge >= 0.3 is 0 Å². The van der Waals surface area contributed by atoms with Crippen LogP contribution < -0.4 is 10.6 Å². The Morgan fingerprint density at radius 3 is 2.74 bits per heavy atom. The maximum atomic E-state index is 12.3. The first kappa shape index (κ1) is 19.3. The molecule has 0 fully saturated rings. The maximum absolute atomic E-state index is 12.3. The first-order valence-corrected chi connectivity index (χ1v) is 9.67. The van der Waals surface area contributed by atoms with Crippen LogP contribution in [-0.4, -0.2) is 28.6 Å². The van der Waals surface area contributed by atoms with Gasteiger partial charge in [-0.1, -0.05) is 35.5 Å². The number of para-hydroxylation sites is 2. The van der Waals surface area contributed by atoms with E-state index in [9.17, 15) is 9.59 Å². The van der Waals surface area contributed by atoms with Crippen molar-refractivity contribution in [3.05, 3.63) is 53.1 Å². The van der Waals surface area contributed by atoms with Gasteiger partial charge in [0.25, 0.3) is 11.1 Å². The van der Waals surface area contributed by atoms with Gasteiger partial charge in [0.2, 0.25) is 5.91 Å². The summed E-state index contributed by atoms with van der Waals surface area (Å²) in [6.07, 6.45) is 0. The number of anilines is 1. The van der Waals surface area contributed by atoms with Gasteiger partial charge in [0.05, 0.1) is 17.0 Å². The Labute approximate surface area is 165 Å². The van der Waals surface area contributed by atoms with Crippen LogP contribution in [0.25, 0.3) is 11.1 Å². The van der Waals surface area contributed by atoms with E-state index in [-0.39, 0.29) is 23.6 Å². The number of nitrogens with zero attached hydrogens (tertiary/aromatic N) is 1. The number of hydrogen-bond acceptors (Lipinski definition) is 5. The third kappa shape index (κ3) is 5.02. The summed E-state index contributed by atoms with van der Waals surface area (Å²) < 4.78 is 5.58. The second kappa shape index (κ2) is 8.45. The molecule has 27 heavy (non-hydrogen) atoms. The fraction of sp³-hybridized carbons (Fsp3) is 0.211. The number of carbonyl (C=O) groups is 2. The zero-order valence-electron chi connectivity index (χ0n) is 14.8. The molecule has 0 radical (unpaired) electrons. The van der Waals surface area contributed by atoms with Crippen LogP contribution in [0, 0.1) is 0 Å². The summed E-state index contributed by atoms with van der Waals surface area (Å²) in [4.78, 5) is 29.0. The van der Waals surface area contributed by atoms with Gasteiger partial charge in [-0.05, 0) is 44.2 Å². The van der Waals surface area contributed by atoms with Crippen molar-refractivity contribution in [2.24, 2.45) is 0 Å². The van der Waals surface area contributed by atoms with Gasteiger partial charge in [-0.25, -0.2) is 4.98 Å². The molecular weight excluding hydrogens is 386 g/mol. The summed E-state index contributed by atoms with van der Waals surface area (Å²) in [6, 6.07) is 12.1. The molecule has 3 aromatic rings. The number of carbonyl (C=O) groups excluding carboxylic acids is 2. The van der Waals surface area contributed by atoms with E-state index < -0.39 is 0 Å². The fourth-order valence-electron chi connectivity index (χ4n) is 2.38. The van der Waals surface area contributed by atoms with Crippen molar-refractivity contribution in [2.45, 2.75) is 25.1 Å². The Hall–Kier alpha value is -2.51. The van der Waals surface area contributed by atoms with Gasteiger partial charge < -0.3 is 15.1 Å². The molecule has 0 spiro atoms. The van der Waals surface area contributed by atoms with Crippen LogP contribution in [0.15, 0.2) is 52.1 Å². The van der Waals surface area contributed by atoms with E-state index in [4.69, 9.17) is 16.0 Å². The van der Waals surface area contributed by atoms with Crippen LogP contribution in [0.5, 0.6) is 0 Å². The lowest BCUT2D eigenvalue weighted by Gasteiger charge is -2.13. The Morgan fingerprint density at radius 2 is 2.00 bits per heavy atom. The molecule has 140 valence electrons. The molecule has 1 aromatic heterocycles. The van der Waals surface area contributed by atoms with E-state index in [0.717, 1.165) is 5.52 Å². The number of halogens is 1. The van der Waals surface area contributed by atoms with E-state index in [1.807, 2.05) is 38.1 Å². The molecule has 0 saturated carbocycles. The van der Waals surface area contributed by atoms with Crippen molar-refractivity contribution in [3.8, 4) is 0 Å². The molecule has 6 nitrogen and oxygen atoms in total. The summed E-state index contributed by atoms with van der Waals surface area (Å²) in [5.41, 5.74) is 2.13. The molecule has 0 saturated heterocycles. The van der Waals surface area contributed by atoms with Crippen molar-refractivity contribution in [2.75, 3.05) is 11.1 Å². The standard InChI is InChI=1S/C19H18ClN3O3S/c1-11(2)21-18(25)13-8-7-12(20)9-15(13)22-17(24)10-27-19-23-14-5-3-4-6-16(14)26-19/h3-9,11H,10H2,1-2H3,(H,21,25)(H,22,24). The second-order valence-corrected chi connectivity index (χ2v) is 7.47. The van der Waals surface area contributed by atoms with Crippen LogP contribution in [0.4, 0.5) is 5.69 Å². The number of amides is 2. The molecule has 3 rings (SSSR count). The lowest BCUT2D eigenvalue weighted by Crippen LogP contribution is -2.31. The number of aromatic nitrogens is 1. The number of hydrogen-bond donors (Lipinski definition) is 2. The predicted molar refractivity (Wildman–Crippen MR) is 107 cm³/mol. The van der Waals surface area contributed by atoms with Gasteiger partial charge in [-0.2, -0.15) is 0 Å². The molecule has 0 atom stereocenters. The highest BCUT2D eigenvalue weighted by Gasteiger charge is 2.16. The largest absolute Gasteiger partial charge is 0.431 e. The average Bonchev–Trinajstić information content (AvgIpc) is 3.02. The van der Waals surface area contributed by atoms with Crippen LogP contribution in [0.2, 0.25) is 5.02 Å². The van der Waals surface area contributed by atoms with Gasteiger partial charge in [0.1, 0.15) is 5.52 Å². The van der Waals surface area contributed by atoms with Gasteiger partial charge in [0, 0.05) is 11.1 Å². The molecule has 2 N–H and O–H groups in total. The molecule has 0 aliphatic heterocycles. The minimum atomic E-state index is -0.289. The molecule has 0 aliphatic carbocycles. The Morgan fingerprint density at radius 1 is 1.22 bits per heavy atom. The number of benzene rings is 2. The zero-order chi connectivity index (χ0) is 19.4. The molecule has 2 aromatic carbocycles. The SMILES string of the molecule is CC(C)NC(=O)c1ccc(Cl)cc1NC(=O)CSc1nc2ccccc2o1. The number of oxazole rings is 1. The topological polar surface area (TPSA) is 84.2 Å². The second-order valence-electron chi connectivity index (χ2n) is 6.10. The molecule has 8 heteroatoms. The number of nitrogens with one attached hydrogen (secondary N) is 2. The Bertz CT molecular complexity index is 954. The molecule has 0 unspecified atom stereocenters. The van der Waals surface area contributed by atoms with Crippen molar-refractivity contribution < 1.29 is 14.0 Å².